The summed E-state index contributed by atoms with van der Waals surface area (Å²) in [7, 11) is 0. The highest BCUT2D eigenvalue weighted by Gasteiger charge is 2.34. The first-order chi connectivity index (χ1) is 9.82. The minimum atomic E-state index is -4.56. The molecular formula is C12H15F3N4O2. The van der Waals surface area contributed by atoms with Gasteiger partial charge in [0.25, 0.3) is 0 Å². The van der Waals surface area contributed by atoms with Crippen LogP contribution in [0.15, 0.2) is 17.3 Å². The molecule has 9 heteroatoms. The zero-order valence-corrected chi connectivity index (χ0v) is 11.3. The summed E-state index contributed by atoms with van der Waals surface area (Å²) in [6.45, 7) is 2.93. The molecule has 21 heavy (non-hydrogen) atoms. The van der Waals surface area contributed by atoms with E-state index in [1.54, 1.807) is 4.90 Å². The van der Waals surface area contributed by atoms with Gasteiger partial charge in [-0.1, -0.05) is 5.16 Å². The topological polar surface area (TPSA) is 84.0 Å². The molecule has 1 saturated heterocycles. The maximum absolute atomic E-state index is 12.8. The summed E-state index contributed by atoms with van der Waals surface area (Å²) in [5.41, 5.74) is 4.65. The van der Waals surface area contributed by atoms with Crippen LogP contribution in [0.2, 0.25) is 0 Å². The zero-order chi connectivity index (χ0) is 15.6. The van der Waals surface area contributed by atoms with Gasteiger partial charge in [-0.3, -0.25) is 0 Å². The third-order valence-electron chi connectivity index (χ3n) is 3.09. The molecule has 1 aliphatic rings. The van der Waals surface area contributed by atoms with Crippen LogP contribution in [-0.4, -0.2) is 41.8 Å². The van der Waals surface area contributed by atoms with Gasteiger partial charge in [0.05, 0.1) is 18.3 Å². The Morgan fingerprint density at radius 3 is 2.81 bits per heavy atom. The molecule has 1 atom stereocenters. The Morgan fingerprint density at radius 1 is 1.52 bits per heavy atom. The van der Waals surface area contributed by atoms with Crippen molar-refractivity contribution < 1.29 is 23.1 Å². The van der Waals surface area contributed by atoms with Crippen molar-refractivity contribution in [3.63, 3.8) is 0 Å². The van der Waals surface area contributed by atoms with Crippen molar-refractivity contribution in [1.29, 1.82) is 0 Å². The van der Waals surface area contributed by atoms with E-state index >= 15 is 0 Å². The normalized spacial score (nSPS) is 20.7. The summed E-state index contributed by atoms with van der Waals surface area (Å²) in [5, 5.41) is 11.6. The molecule has 3 N–H and O–H groups in total. The van der Waals surface area contributed by atoms with Crippen LogP contribution in [-0.2, 0) is 10.9 Å². The lowest BCUT2D eigenvalue weighted by molar-refractivity contribution is -0.141. The minimum absolute atomic E-state index is 0.0373. The van der Waals surface area contributed by atoms with E-state index in [9.17, 15) is 13.2 Å². The molecule has 1 fully saturated rings. The van der Waals surface area contributed by atoms with Crippen molar-refractivity contribution in [2.45, 2.75) is 19.2 Å². The number of anilines is 1. The molecular weight excluding hydrogens is 289 g/mol. The molecule has 0 bridgehead atoms. The number of alkyl halides is 3. The number of hydrogen-bond acceptors (Lipinski definition) is 5. The summed E-state index contributed by atoms with van der Waals surface area (Å²) in [6, 6.07) is 1.96. The molecule has 0 aromatic carbocycles. The standard InChI is InChI=1S/C12H15F3N4O2/c1-7-6-19(4-5-21-7)11-8(10(16)18-20)2-3-9(17-11)12(13,14)15/h2-3,7,20H,4-6H2,1H3,(H2,16,18). The van der Waals surface area contributed by atoms with Crippen molar-refractivity contribution in [3.05, 3.63) is 23.4 Å². The van der Waals surface area contributed by atoms with Gasteiger partial charge in [-0.05, 0) is 19.1 Å². The van der Waals surface area contributed by atoms with E-state index in [0.717, 1.165) is 12.1 Å². The van der Waals surface area contributed by atoms with Crippen molar-refractivity contribution in [2.75, 3.05) is 24.6 Å². The number of hydrogen-bond donors (Lipinski definition) is 2. The summed E-state index contributed by atoms with van der Waals surface area (Å²) in [4.78, 5) is 5.28. The fourth-order valence-corrected chi connectivity index (χ4v) is 2.11. The average Bonchev–Trinajstić information content (AvgIpc) is 2.45. The second-order valence-corrected chi connectivity index (χ2v) is 4.68. The Hall–Kier alpha value is -2.03. The van der Waals surface area contributed by atoms with Gasteiger partial charge in [0.15, 0.2) is 5.84 Å². The Bertz CT molecular complexity index is 548. The van der Waals surface area contributed by atoms with Gasteiger partial charge >= 0.3 is 6.18 Å². The van der Waals surface area contributed by atoms with E-state index in [-0.39, 0.29) is 23.3 Å². The lowest BCUT2D eigenvalue weighted by atomic mass is 10.1. The van der Waals surface area contributed by atoms with Gasteiger partial charge in [0, 0.05) is 13.1 Å². The molecule has 0 amide bonds. The molecule has 1 aromatic heterocycles. The molecule has 0 spiro atoms. The largest absolute Gasteiger partial charge is 0.433 e. The molecule has 1 aromatic rings. The predicted molar refractivity (Wildman–Crippen MR) is 69.4 cm³/mol. The van der Waals surface area contributed by atoms with Gasteiger partial charge in [-0.15, -0.1) is 0 Å². The molecule has 6 nitrogen and oxygen atoms in total. The van der Waals surface area contributed by atoms with Crippen LogP contribution in [0.4, 0.5) is 19.0 Å². The summed E-state index contributed by atoms with van der Waals surface area (Å²) in [6.07, 6.45) is -4.70. The van der Waals surface area contributed by atoms with E-state index in [1.165, 1.54) is 0 Å². The van der Waals surface area contributed by atoms with Gasteiger partial charge in [-0.25, -0.2) is 4.98 Å². The number of aromatic nitrogens is 1. The van der Waals surface area contributed by atoms with Crippen molar-refractivity contribution in [2.24, 2.45) is 10.9 Å². The first-order valence-corrected chi connectivity index (χ1v) is 6.25. The Balaban J connectivity index is 2.48. The smallest absolute Gasteiger partial charge is 0.409 e. The van der Waals surface area contributed by atoms with Gasteiger partial charge in [0.2, 0.25) is 0 Å². The van der Waals surface area contributed by atoms with E-state index in [0.29, 0.717) is 19.7 Å². The first-order valence-electron chi connectivity index (χ1n) is 6.25. The molecule has 0 saturated carbocycles. The summed E-state index contributed by atoms with van der Waals surface area (Å²) < 4.78 is 43.8. The number of pyridine rings is 1. The average molecular weight is 304 g/mol. The number of ether oxygens (including phenoxy) is 1. The van der Waals surface area contributed by atoms with Crippen LogP contribution in [0, 0.1) is 0 Å². The zero-order valence-electron chi connectivity index (χ0n) is 11.3. The van der Waals surface area contributed by atoms with Gasteiger partial charge < -0.3 is 20.6 Å². The highest BCUT2D eigenvalue weighted by Crippen LogP contribution is 2.31. The SMILES string of the molecule is CC1CN(c2nc(C(F)(F)F)ccc2C(N)=NO)CCO1. The van der Waals surface area contributed by atoms with E-state index in [4.69, 9.17) is 15.7 Å². The highest BCUT2D eigenvalue weighted by atomic mass is 19.4. The van der Waals surface area contributed by atoms with Crippen LogP contribution in [0.5, 0.6) is 0 Å². The van der Waals surface area contributed by atoms with Crippen LogP contribution >= 0.6 is 0 Å². The second kappa shape index (κ2) is 5.76. The number of nitrogens with zero attached hydrogens (tertiary/aromatic N) is 3. The van der Waals surface area contributed by atoms with Crippen LogP contribution in [0.1, 0.15) is 18.2 Å². The lowest BCUT2D eigenvalue weighted by Gasteiger charge is -2.33. The van der Waals surface area contributed by atoms with Gasteiger partial charge in [-0.2, -0.15) is 13.2 Å². The molecule has 0 radical (unpaired) electrons. The molecule has 1 unspecified atom stereocenters. The molecule has 1 aliphatic heterocycles. The third-order valence-corrected chi connectivity index (χ3v) is 3.09. The maximum atomic E-state index is 12.8. The molecule has 2 heterocycles. The molecule has 0 aliphatic carbocycles. The van der Waals surface area contributed by atoms with Crippen molar-refractivity contribution in [1.82, 2.24) is 4.98 Å². The van der Waals surface area contributed by atoms with E-state index in [1.807, 2.05) is 6.92 Å². The monoisotopic (exact) mass is 304 g/mol. The molecule has 2 rings (SSSR count). The second-order valence-electron chi connectivity index (χ2n) is 4.68. The summed E-state index contributed by atoms with van der Waals surface area (Å²) in [5.74, 6) is -0.249. The maximum Gasteiger partial charge on any atom is 0.433 e. The Kier molecular flexibility index (Phi) is 4.21. The fraction of sp³-hybridized carbons (Fsp3) is 0.500. The molecule has 116 valence electrons. The Labute approximate surface area is 119 Å². The minimum Gasteiger partial charge on any atom is -0.409 e. The van der Waals surface area contributed by atoms with Crippen LogP contribution < -0.4 is 10.6 Å². The first kappa shape index (κ1) is 15.4. The van der Waals surface area contributed by atoms with Crippen LogP contribution in [0.3, 0.4) is 0 Å². The summed E-state index contributed by atoms with van der Waals surface area (Å²) >= 11 is 0. The quantitative estimate of drug-likeness (QED) is 0.374. The lowest BCUT2D eigenvalue weighted by Crippen LogP contribution is -2.42. The fourth-order valence-electron chi connectivity index (χ4n) is 2.11. The predicted octanol–water partition coefficient (Wildman–Crippen LogP) is 1.42. The number of oxime groups is 1. The van der Waals surface area contributed by atoms with Crippen molar-refractivity contribution >= 4 is 11.7 Å². The third kappa shape index (κ3) is 3.35. The highest BCUT2D eigenvalue weighted by molar-refractivity contribution is 6.01. The van der Waals surface area contributed by atoms with Gasteiger partial charge in [0.1, 0.15) is 11.5 Å². The van der Waals surface area contributed by atoms with E-state index in [2.05, 4.69) is 10.1 Å². The Morgan fingerprint density at radius 2 is 2.24 bits per heavy atom. The van der Waals surface area contributed by atoms with Crippen LogP contribution in [0.25, 0.3) is 0 Å². The number of halogens is 3. The number of amidine groups is 1. The number of rotatable bonds is 2. The number of nitrogens with two attached hydrogens (primary N) is 1. The number of morpholine rings is 1. The van der Waals surface area contributed by atoms with E-state index < -0.39 is 11.9 Å². The van der Waals surface area contributed by atoms with Crippen molar-refractivity contribution in [3.8, 4) is 0 Å².